The summed E-state index contributed by atoms with van der Waals surface area (Å²) in [6.45, 7) is 3.16. The normalized spacial score (nSPS) is 12.2. The van der Waals surface area contributed by atoms with Crippen molar-refractivity contribution in [2.75, 3.05) is 12.4 Å². The van der Waals surface area contributed by atoms with Crippen molar-refractivity contribution in [1.82, 2.24) is 0 Å². The molecule has 0 N–H and O–H groups in total. The first-order valence-electron chi connectivity index (χ1n) is 5.48. The third-order valence-electron chi connectivity index (χ3n) is 2.26. The Hall–Kier alpha value is -1.62. The highest BCUT2D eigenvalue weighted by atomic mass is 32.2. The molecule has 0 saturated carbocycles. The van der Waals surface area contributed by atoms with E-state index in [9.17, 15) is 13.2 Å². The Bertz CT molecular complexity index is 529. The maximum atomic E-state index is 11.9. The van der Waals surface area contributed by atoms with Crippen molar-refractivity contribution >= 4 is 15.8 Å². The second-order valence-electron chi connectivity index (χ2n) is 3.93. The van der Waals surface area contributed by atoms with Gasteiger partial charge in [0.05, 0.1) is 10.6 Å². The highest BCUT2D eigenvalue weighted by Gasteiger charge is 2.11. The van der Waals surface area contributed by atoms with Crippen LogP contribution >= 0.6 is 0 Å². The van der Waals surface area contributed by atoms with Crippen LogP contribution in [0.4, 0.5) is 0 Å². The third kappa shape index (κ3) is 4.71. The molecular weight excluding hydrogens is 252 g/mol. The maximum absolute atomic E-state index is 11.9. The van der Waals surface area contributed by atoms with E-state index in [0.717, 1.165) is 0 Å². The van der Waals surface area contributed by atoms with E-state index < -0.39 is 9.84 Å². The molecule has 0 aliphatic carbocycles. The number of sulfone groups is 1. The number of hydrogen-bond donors (Lipinski definition) is 0. The lowest BCUT2D eigenvalue weighted by molar-refractivity contribution is -0.139. The fourth-order valence-corrected chi connectivity index (χ4v) is 2.52. The standard InChI is InChI=1S/C13H16O4S/c1-11(10-17-12(2)14)8-9-18(15,16)13-6-4-3-5-7-13/h3-8H,9-10H2,1-2H3. The van der Waals surface area contributed by atoms with Crippen LogP contribution in [0.25, 0.3) is 0 Å². The highest BCUT2D eigenvalue weighted by Crippen LogP contribution is 2.11. The molecule has 1 aromatic rings. The molecule has 18 heavy (non-hydrogen) atoms. The SMILES string of the molecule is CC(=O)OCC(C)=CCS(=O)(=O)c1ccccc1. The van der Waals surface area contributed by atoms with Crippen molar-refractivity contribution in [2.24, 2.45) is 0 Å². The van der Waals surface area contributed by atoms with E-state index in [0.29, 0.717) is 10.5 Å². The number of hydrogen-bond acceptors (Lipinski definition) is 4. The van der Waals surface area contributed by atoms with Crippen molar-refractivity contribution in [3.05, 3.63) is 42.0 Å². The summed E-state index contributed by atoms with van der Waals surface area (Å²) < 4.78 is 28.6. The lowest BCUT2D eigenvalue weighted by atomic mass is 10.3. The molecule has 0 bridgehead atoms. The fraction of sp³-hybridized carbons (Fsp3) is 0.308. The van der Waals surface area contributed by atoms with Gasteiger partial charge in [0.15, 0.2) is 9.84 Å². The second kappa shape index (κ2) is 6.35. The third-order valence-corrected chi connectivity index (χ3v) is 3.85. The van der Waals surface area contributed by atoms with Gasteiger partial charge in [-0.05, 0) is 24.6 Å². The number of rotatable bonds is 5. The Morgan fingerprint density at radius 3 is 2.39 bits per heavy atom. The summed E-state index contributed by atoms with van der Waals surface area (Å²) in [6, 6.07) is 8.25. The number of benzene rings is 1. The van der Waals surface area contributed by atoms with Crippen LogP contribution in [0.5, 0.6) is 0 Å². The Labute approximate surface area is 107 Å². The van der Waals surface area contributed by atoms with Gasteiger partial charge in [-0.25, -0.2) is 8.42 Å². The molecule has 0 aliphatic rings. The van der Waals surface area contributed by atoms with Crippen LogP contribution in [0, 0.1) is 0 Å². The lowest BCUT2D eigenvalue weighted by Crippen LogP contribution is -2.07. The van der Waals surface area contributed by atoms with Gasteiger partial charge in [0.25, 0.3) is 0 Å². The Morgan fingerprint density at radius 2 is 1.83 bits per heavy atom. The second-order valence-corrected chi connectivity index (χ2v) is 5.96. The summed E-state index contributed by atoms with van der Waals surface area (Å²) >= 11 is 0. The van der Waals surface area contributed by atoms with E-state index in [4.69, 9.17) is 4.74 Å². The predicted molar refractivity (Wildman–Crippen MR) is 68.9 cm³/mol. The molecule has 0 unspecified atom stereocenters. The topological polar surface area (TPSA) is 60.4 Å². The van der Waals surface area contributed by atoms with Gasteiger partial charge in [-0.2, -0.15) is 0 Å². The van der Waals surface area contributed by atoms with E-state index in [1.807, 2.05) is 0 Å². The summed E-state index contributed by atoms with van der Waals surface area (Å²) in [6.07, 6.45) is 1.56. The van der Waals surface area contributed by atoms with Crippen LogP contribution in [0.2, 0.25) is 0 Å². The van der Waals surface area contributed by atoms with Gasteiger partial charge >= 0.3 is 5.97 Å². The monoisotopic (exact) mass is 268 g/mol. The largest absolute Gasteiger partial charge is 0.461 e. The number of ether oxygens (including phenoxy) is 1. The van der Waals surface area contributed by atoms with Crippen molar-refractivity contribution in [2.45, 2.75) is 18.7 Å². The van der Waals surface area contributed by atoms with E-state index in [1.54, 1.807) is 43.3 Å². The predicted octanol–water partition coefficient (Wildman–Crippen LogP) is 1.97. The minimum atomic E-state index is -3.31. The minimum Gasteiger partial charge on any atom is -0.461 e. The molecule has 0 aliphatic heterocycles. The molecule has 0 atom stereocenters. The van der Waals surface area contributed by atoms with Gasteiger partial charge in [0.1, 0.15) is 6.61 Å². The van der Waals surface area contributed by atoms with Gasteiger partial charge in [-0.3, -0.25) is 4.79 Å². The quantitative estimate of drug-likeness (QED) is 0.605. The zero-order chi connectivity index (χ0) is 13.6. The molecule has 1 rings (SSSR count). The van der Waals surface area contributed by atoms with Crippen LogP contribution in [-0.4, -0.2) is 26.7 Å². The fourth-order valence-electron chi connectivity index (χ4n) is 1.25. The average Bonchev–Trinajstić information content (AvgIpc) is 2.35. The van der Waals surface area contributed by atoms with Gasteiger partial charge in [-0.15, -0.1) is 0 Å². The minimum absolute atomic E-state index is 0.0931. The van der Waals surface area contributed by atoms with Gasteiger partial charge < -0.3 is 4.74 Å². The smallest absolute Gasteiger partial charge is 0.302 e. The zero-order valence-corrected chi connectivity index (χ0v) is 11.2. The molecule has 0 radical (unpaired) electrons. The van der Waals surface area contributed by atoms with Gasteiger partial charge in [-0.1, -0.05) is 24.3 Å². The summed E-state index contributed by atoms with van der Waals surface area (Å²) in [5.41, 5.74) is 0.713. The van der Waals surface area contributed by atoms with E-state index in [1.165, 1.54) is 6.92 Å². The highest BCUT2D eigenvalue weighted by molar-refractivity contribution is 7.91. The Morgan fingerprint density at radius 1 is 1.22 bits per heavy atom. The summed E-state index contributed by atoms with van der Waals surface area (Å²) in [7, 11) is -3.31. The molecule has 0 amide bonds. The molecule has 4 nitrogen and oxygen atoms in total. The number of carbonyl (C=O) groups is 1. The first kappa shape index (κ1) is 14.4. The number of esters is 1. The average molecular weight is 268 g/mol. The van der Waals surface area contributed by atoms with Gasteiger partial charge in [0, 0.05) is 6.92 Å². The molecule has 5 heteroatoms. The van der Waals surface area contributed by atoms with Crippen LogP contribution < -0.4 is 0 Å². The van der Waals surface area contributed by atoms with Crippen molar-refractivity contribution in [3.8, 4) is 0 Å². The first-order chi connectivity index (χ1) is 8.42. The molecule has 0 heterocycles. The molecule has 0 aromatic heterocycles. The molecule has 0 saturated heterocycles. The Kier molecular flexibility index (Phi) is 5.09. The summed E-state index contributed by atoms with van der Waals surface area (Å²) in [5, 5.41) is 0. The number of carbonyl (C=O) groups excluding carboxylic acids is 1. The van der Waals surface area contributed by atoms with E-state index in [2.05, 4.69) is 0 Å². The zero-order valence-electron chi connectivity index (χ0n) is 10.4. The first-order valence-corrected chi connectivity index (χ1v) is 7.14. The van der Waals surface area contributed by atoms with Crippen LogP contribution in [0.15, 0.2) is 46.9 Å². The molecule has 0 spiro atoms. The van der Waals surface area contributed by atoms with Crippen LogP contribution in [0.3, 0.4) is 0 Å². The van der Waals surface area contributed by atoms with Crippen molar-refractivity contribution in [1.29, 1.82) is 0 Å². The molecule has 1 aromatic carbocycles. The summed E-state index contributed by atoms with van der Waals surface area (Å²) in [4.78, 5) is 10.9. The van der Waals surface area contributed by atoms with Gasteiger partial charge in [0.2, 0.25) is 0 Å². The maximum Gasteiger partial charge on any atom is 0.302 e. The molecule has 0 fully saturated rings. The van der Waals surface area contributed by atoms with Crippen LogP contribution in [-0.2, 0) is 19.4 Å². The van der Waals surface area contributed by atoms with Crippen LogP contribution in [0.1, 0.15) is 13.8 Å². The van der Waals surface area contributed by atoms with Crippen molar-refractivity contribution < 1.29 is 17.9 Å². The molecule has 98 valence electrons. The lowest BCUT2D eigenvalue weighted by Gasteiger charge is -2.03. The Balaban J connectivity index is 2.67. The van der Waals surface area contributed by atoms with E-state index >= 15 is 0 Å². The van der Waals surface area contributed by atoms with E-state index in [-0.39, 0.29) is 18.3 Å². The summed E-state index contributed by atoms with van der Waals surface area (Å²) in [5.74, 6) is -0.474. The van der Waals surface area contributed by atoms with Crippen molar-refractivity contribution in [3.63, 3.8) is 0 Å². The molecular formula is C13H16O4S.